The first-order valence-corrected chi connectivity index (χ1v) is 7.13. The van der Waals surface area contributed by atoms with Crippen molar-refractivity contribution < 1.29 is 45.2 Å². The maximum absolute atomic E-state index is 12.6. The van der Waals surface area contributed by atoms with Crippen LogP contribution in [0.1, 0.15) is 5.56 Å². The zero-order valence-corrected chi connectivity index (χ0v) is 12.7. The van der Waals surface area contributed by atoms with Crippen LogP contribution in [0.25, 0.3) is 0 Å². The van der Waals surface area contributed by atoms with Gasteiger partial charge in [-0.05, 0) is 12.1 Å². The van der Waals surface area contributed by atoms with Crippen molar-refractivity contribution in [1.29, 1.82) is 0 Å². The third-order valence-corrected chi connectivity index (χ3v) is 3.61. The number of ether oxygens (including phenoxy) is 1. The summed E-state index contributed by atoms with van der Waals surface area (Å²) in [6.45, 7) is -1.89. The first-order chi connectivity index (χ1) is 11.3. The molecule has 0 bridgehead atoms. The van der Waals surface area contributed by atoms with Gasteiger partial charge in [-0.1, -0.05) is 0 Å². The van der Waals surface area contributed by atoms with E-state index in [2.05, 4.69) is 4.74 Å². The normalized spacial score (nSPS) is 12.3. The molecule has 140 valence electrons. The Kier molecular flexibility index (Phi) is 6.62. The SMILES string of the molecule is O=C(CSc1ccc(C(F)(F)F)cc1[N+](=O)[O-])OCC(F)(F)C(F)F. The van der Waals surface area contributed by atoms with Gasteiger partial charge in [0.15, 0.2) is 6.61 Å². The number of nitro groups is 1. The van der Waals surface area contributed by atoms with Crippen molar-refractivity contribution in [2.24, 2.45) is 0 Å². The number of halogens is 7. The van der Waals surface area contributed by atoms with Crippen molar-refractivity contribution in [3.63, 3.8) is 0 Å². The molecule has 0 atom stereocenters. The van der Waals surface area contributed by atoms with Crippen LogP contribution >= 0.6 is 11.8 Å². The number of hydrogen-bond acceptors (Lipinski definition) is 5. The minimum absolute atomic E-state index is 0.249. The Morgan fingerprint density at radius 1 is 1.24 bits per heavy atom. The highest BCUT2D eigenvalue weighted by Crippen LogP contribution is 2.36. The average Bonchev–Trinajstić information content (AvgIpc) is 2.49. The summed E-state index contributed by atoms with van der Waals surface area (Å²) in [5.74, 6) is -6.74. The predicted molar refractivity (Wildman–Crippen MR) is 70.7 cm³/mol. The van der Waals surface area contributed by atoms with Crippen molar-refractivity contribution in [3.8, 4) is 0 Å². The van der Waals surface area contributed by atoms with E-state index >= 15 is 0 Å². The van der Waals surface area contributed by atoms with Gasteiger partial charge in [-0.2, -0.15) is 22.0 Å². The summed E-state index contributed by atoms with van der Waals surface area (Å²) in [6, 6.07) is 1.51. The number of rotatable bonds is 7. The number of thioether (sulfide) groups is 1. The van der Waals surface area contributed by atoms with Gasteiger partial charge in [0, 0.05) is 6.07 Å². The smallest absolute Gasteiger partial charge is 0.416 e. The molecule has 0 amide bonds. The molecule has 0 saturated carbocycles. The standard InChI is InChI=1S/C12H8F7NO4S/c13-10(14)11(15,16)5-24-9(21)4-25-8-2-1-6(12(17,18)19)3-7(8)20(22)23/h1-3,10H,4-5H2. The molecule has 0 aromatic heterocycles. The lowest BCUT2D eigenvalue weighted by molar-refractivity contribution is -0.388. The third-order valence-electron chi connectivity index (χ3n) is 2.57. The fraction of sp³-hybridized carbons (Fsp3) is 0.417. The number of hydrogen-bond donors (Lipinski definition) is 0. The number of nitrogens with zero attached hydrogens (tertiary/aromatic N) is 1. The van der Waals surface area contributed by atoms with Crippen molar-refractivity contribution in [3.05, 3.63) is 33.9 Å². The van der Waals surface area contributed by atoms with E-state index in [1.807, 2.05) is 0 Å². The predicted octanol–water partition coefficient (Wildman–Crippen LogP) is 4.15. The first-order valence-electron chi connectivity index (χ1n) is 6.14. The lowest BCUT2D eigenvalue weighted by Crippen LogP contribution is -2.33. The van der Waals surface area contributed by atoms with Crippen LogP contribution in [0.3, 0.4) is 0 Å². The molecule has 5 nitrogen and oxygen atoms in total. The van der Waals surface area contributed by atoms with E-state index in [-0.39, 0.29) is 11.0 Å². The first kappa shape index (κ1) is 21.0. The molecule has 0 unspecified atom stereocenters. The van der Waals surface area contributed by atoms with Crippen LogP contribution in [0.5, 0.6) is 0 Å². The van der Waals surface area contributed by atoms with Crippen molar-refractivity contribution >= 4 is 23.4 Å². The van der Waals surface area contributed by atoms with E-state index in [1.54, 1.807) is 0 Å². The molecule has 0 aliphatic rings. The minimum Gasteiger partial charge on any atom is -0.458 e. The molecule has 0 fully saturated rings. The van der Waals surface area contributed by atoms with Gasteiger partial charge in [0.1, 0.15) is 0 Å². The number of esters is 1. The van der Waals surface area contributed by atoms with Crippen LogP contribution in [0.2, 0.25) is 0 Å². The second-order valence-corrected chi connectivity index (χ2v) is 5.47. The Morgan fingerprint density at radius 2 is 1.84 bits per heavy atom. The van der Waals surface area contributed by atoms with E-state index in [9.17, 15) is 45.6 Å². The van der Waals surface area contributed by atoms with Gasteiger partial charge in [-0.15, -0.1) is 11.8 Å². The summed E-state index contributed by atoms with van der Waals surface area (Å²) in [6.07, 6.45) is -8.88. The number of carbonyl (C=O) groups is 1. The molecule has 13 heteroatoms. The van der Waals surface area contributed by atoms with E-state index < -0.39 is 53.0 Å². The Hall–Kier alpha value is -2.05. The molecule has 0 aliphatic heterocycles. The van der Waals surface area contributed by atoms with Crippen LogP contribution < -0.4 is 0 Å². The molecule has 1 aromatic rings. The van der Waals surface area contributed by atoms with E-state index in [4.69, 9.17) is 0 Å². The zero-order valence-electron chi connectivity index (χ0n) is 11.9. The van der Waals surface area contributed by atoms with Crippen LogP contribution in [0, 0.1) is 10.1 Å². The molecule has 0 saturated heterocycles. The van der Waals surface area contributed by atoms with E-state index in [0.717, 1.165) is 6.07 Å². The third kappa shape index (κ3) is 6.07. The number of carbonyl (C=O) groups excluding carboxylic acids is 1. The van der Waals surface area contributed by atoms with Crippen molar-refractivity contribution in [2.45, 2.75) is 23.4 Å². The van der Waals surface area contributed by atoms with E-state index in [0.29, 0.717) is 17.8 Å². The summed E-state index contributed by atoms with van der Waals surface area (Å²) in [5.41, 5.74) is -2.24. The second kappa shape index (κ2) is 7.89. The Balaban J connectivity index is 2.77. The van der Waals surface area contributed by atoms with Gasteiger partial charge in [-0.25, -0.2) is 8.78 Å². The highest BCUT2D eigenvalue weighted by Gasteiger charge is 2.42. The van der Waals surface area contributed by atoms with Crippen LogP contribution in [0.15, 0.2) is 23.1 Å². The summed E-state index contributed by atoms with van der Waals surface area (Å²) in [7, 11) is 0. The van der Waals surface area contributed by atoms with Crippen molar-refractivity contribution in [2.75, 3.05) is 12.4 Å². The molecule has 0 heterocycles. The molecule has 25 heavy (non-hydrogen) atoms. The average molecular weight is 395 g/mol. The van der Waals surface area contributed by atoms with Gasteiger partial charge in [0.05, 0.1) is 21.1 Å². The fourth-order valence-corrected chi connectivity index (χ4v) is 2.18. The lowest BCUT2D eigenvalue weighted by Gasteiger charge is -2.14. The minimum atomic E-state index is -4.83. The molecule has 0 spiro atoms. The summed E-state index contributed by atoms with van der Waals surface area (Å²) < 4.78 is 90.4. The molecular formula is C12H8F7NO4S. The Morgan fingerprint density at radius 3 is 2.32 bits per heavy atom. The number of benzene rings is 1. The molecule has 0 aliphatic carbocycles. The summed E-state index contributed by atoms with van der Waals surface area (Å²) >= 11 is 0.346. The van der Waals surface area contributed by atoms with Crippen LogP contribution in [-0.4, -0.2) is 35.6 Å². The Bertz CT molecular complexity index is 651. The zero-order chi connectivity index (χ0) is 19.4. The van der Waals surface area contributed by atoms with Gasteiger partial charge in [0.2, 0.25) is 0 Å². The fourth-order valence-electron chi connectivity index (χ4n) is 1.38. The quantitative estimate of drug-likeness (QED) is 0.228. The highest BCUT2D eigenvalue weighted by atomic mass is 32.2. The van der Waals surface area contributed by atoms with Crippen LogP contribution in [0.4, 0.5) is 36.4 Å². The summed E-state index contributed by atoms with van der Waals surface area (Å²) in [4.78, 5) is 20.6. The van der Waals surface area contributed by atoms with Gasteiger partial charge in [0.25, 0.3) is 5.69 Å². The van der Waals surface area contributed by atoms with E-state index in [1.165, 1.54) is 0 Å². The second-order valence-electron chi connectivity index (χ2n) is 4.45. The lowest BCUT2D eigenvalue weighted by atomic mass is 10.2. The maximum Gasteiger partial charge on any atom is 0.416 e. The molecule has 1 rings (SSSR count). The molecule has 0 radical (unpaired) electrons. The highest BCUT2D eigenvalue weighted by molar-refractivity contribution is 8.00. The van der Waals surface area contributed by atoms with Gasteiger partial charge >= 0.3 is 24.5 Å². The van der Waals surface area contributed by atoms with Crippen molar-refractivity contribution in [1.82, 2.24) is 0 Å². The number of alkyl halides is 7. The number of nitro benzene ring substituents is 1. The maximum atomic E-state index is 12.6. The molecule has 0 N–H and O–H groups in total. The van der Waals surface area contributed by atoms with Crippen LogP contribution in [-0.2, 0) is 15.7 Å². The molecule has 1 aromatic carbocycles. The monoisotopic (exact) mass is 395 g/mol. The largest absolute Gasteiger partial charge is 0.458 e. The molecular weight excluding hydrogens is 387 g/mol. The topological polar surface area (TPSA) is 69.4 Å². The summed E-state index contributed by atoms with van der Waals surface area (Å²) in [5, 5.41) is 10.8. The van der Waals surface area contributed by atoms with Gasteiger partial charge < -0.3 is 4.74 Å². The Labute approximate surface area is 139 Å². The van der Waals surface area contributed by atoms with Gasteiger partial charge in [-0.3, -0.25) is 14.9 Å².